The number of para-hydroxylation sites is 2. The topological polar surface area (TPSA) is 89.7 Å². The van der Waals surface area contributed by atoms with Crippen LogP contribution in [0.5, 0.6) is 5.75 Å². The molecule has 0 aliphatic carbocycles. The molecule has 1 spiro atoms. The molecule has 3 heterocycles. The maximum atomic E-state index is 13.0. The summed E-state index contributed by atoms with van der Waals surface area (Å²) in [7, 11) is 1.59. The lowest BCUT2D eigenvalue weighted by Gasteiger charge is -2.36. The van der Waals surface area contributed by atoms with Gasteiger partial charge in [0.1, 0.15) is 5.75 Å². The molecule has 1 atom stereocenters. The summed E-state index contributed by atoms with van der Waals surface area (Å²) < 4.78 is 16.4. The number of aromatic nitrogens is 2. The van der Waals surface area contributed by atoms with Gasteiger partial charge in [0, 0.05) is 31.7 Å². The zero-order valence-corrected chi connectivity index (χ0v) is 15.6. The molecule has 0 radical (unpaired) electrons. The molecule has 1 aromatic heterocycles. The van der Waals surface area contributed by atoms with E-state index in [2.05, 4.69) is 15.5 Å². The molecule has 8 nitrogen and oxygen atoms in total. The average Bonchev–Trinajstić information content (AvgIpc) is 3.26. The smallest absolute Gasteiger partial charge is 0.321 e. The van der Waals surface area contributed by atoms with Crippen LogP contribution in [0.15, 0.2) is 28.8 Å². The van der Waals surface area contributed by atoms with Gasteiger partial charge in [-0.05, 0) is 31.9 Å². The van der Waals surface area contributed by atoms with E-state index in [1.165, 1.54) is 0 Å². The molecule has 0 bridgehead atoms. The summed E-state index contributed by atoms with van der Waals surface area (Å²) in [6, 6.07) is 7.24. The van der Waals surface area contributed by atoms with Crippen LogP contribution in [0.2, 0.25) is 0 Å². The number of rotatable bonds is 3. The Morgan fingerprint density at radius 1 is 1.33 bits per heavy atom. The molecule has 2 saturated heterocycles. The molecule has 8 heteroatoms. The highest BCUT2D eigenvalue weighted by molar-refractivity contribution is 5.91. The second-order valence-electron chi connectivity index (χ2n) is 7.22. The number of nitrogens with zero attached hydrogens (tertiary/aromatic N) is 3. The second kappa shape index (κ2) is 7.19. The van der Waals surface area contributed by atoms with Gasteiger partial charge < -0.3 is 24.2 Å². The SMILES string of the molecule is COc1ccccc1NC(=O)N1C[C@H](c2nc(C)no2)C2(CCOCC2)C1. The standard InChI is InChI=1S/C19H24N4O4/c1-13-20-17(27-22-13)14-11-23(12-19(14)7-9-26-10-8-19)18(24)21-15-5-3-4-6-16(15)25-2/h3-6,14H,7-12H2,1-2H3,(H,21,24)/t14-/m1/s1. The van der Waals surface area contributed by atoms with Crippen LogP contribution in [-0.4, -0.2) is 54.5 Å². The highest BCUT2D eigenvalue weighted by Gasteiger charge is 2.51. The summed E-state index contributed by atoms with van der Waals surface area (Å²) in [5.41, 5.74) is 0.568. The highest BCUT2D eigenvalue weighted by Crippen LogP contribution is 2.49. The largest absolute Gasteiger partial charge is 0.495 e. The Kier molecular flexibility index (Phi) is 4.73. The van der Waals surface area contributed by atoms with Crippen molar-refractivity contribution in [1.82, 2.24) is 15.0 Å². The Labute approximate surface area is 157 Å². The lowest BCUT2D eigenvalue weighted by molar-refractivity contribution is 0.00959. The third-order valence-corrected chi connectivity index (χ3v) is 5.61. The number of nitrogens with one attached hydrogen (secondary N) is 1. The fourth-order valence-corrected chi connectivity index (χ4v) is 4.14. The molecular formula is C19H24N4O4. The van der Waals surface area contributed by atoms with Crippen LogP contribution in [0, 0.1) is 12.3 Å². The molecule has 27 heavy (non-hydrogen) atoms. The van der Waals surface area contributed by atoms with Crippen LogP contribution >= 0.6 is 0 Å². The van der Waals surface area contributed by atoms with Crippen molar-refractivity contribution < 1.29 is 18.8 Å². The van der Waals surface area contributed by atoms with Gasteiger partial charge in [-0.1, -0.05) is 17.3 Å². The van der Waals surface area contributed by atoms with E-state index < -0.39 is 0 Å². The van der Waals surface area contributed by atoms with Gasteiger partial charge >= 0.3 is 6.03 Å². The van der Waals surface area contributed by atoms with Crippen LogP contribution in [0.3, 0.4) is 0 Å². The number of hydrogen-bond acceptors (Lipinski definition) is 6. The van der Waals surface area contributed by atoms with E-state index in [1.807, 2.05) is 36.1 Å². The molecule has 2 aliphatic rings. The minimum atomic E-state index is -0.149. The number of aryl methyl sites for hydroxylation is 1. The van der Waals surface area contributed by atoms with E-state index in [0.717, 1.165) is 12.8 Å². The first-order valence-electron chi connectivity index (χ1n) is 9.18. The Morgan fingerprint density at radius 2 is 2.11 bits per heavy atom. The Balaban J connectivity index is 1.56. The molecule has 1 aromatic carbocycles. The summed E-state index contributed by atoms with van der Waals surface area (Å²) in [6.45, 7) is 4.37. The number of carbonyl (C=O) groups is 1. The zero-order chi connectivity index (χ0) is 18.9. The molecule has 4 rings (SSSR count). The Morgan fingerprint density at radius 3 is 2.81 bits per heavy atom. The molecule has 2 amide bonds. The minimum absolute atomic E-state index is 0.0195. The van der Waals surface area contributed by atoms with Gasteiger partial charge in [0.15, 0.2) is 5.82 Å². The Hall–Kier alpha value is -2.61. The number of ether oxygens (including phenoxy) is 2. The third kappa shape index (κ3) is 3.37. The van der Waals surface area contributed by atoms with Crippen molar-refractivity contribution in [2.75, 3.05) is 38.7 Å². The first kappa shape index (κ1) is 17.8. The lowest BCUT2D eigenvalue weighted by Crippen LogP contribution is -2.38. The molecular weight excluding hydrogens is 348 g/mol. The Bertz CT molecular complexity index is 816. The average molecular weight is 372 g/mol. The van der Waals surface area contributed by atoms with Crippen molar-refractivity contribution in [3.8, 4) is 5.75 Å². The number of carbonyl (C=O) groups excluding carboxylic acids is 1. The monoisotopic (exact) mass is 372 g/mol. The van der Waals surface area contributed by atoms with Gasteiger partial charge in [-0.3, -0.25) is 0 Å². The van der Waals surface area contributed by atoms with Gasteiger partial charge in [0.25, 0.3) is 0 Å². The maximum Gasteiger partial charge on any atom is 0.321 e. The van der Waals surface area contributed by atoms with E-state index in [9.17, 15) is 4.79 Å². The van der Waals surface area contributed by atoms with E-state index in [-0.39, 0.29) is 17.4 Å². The predicted molar refractivity (Wildman–Crippen MR) is 97.8 cm³/mol. The normalized spacial score (nSPS) is 21.4. The molecule has 2 fully saturated rings. The number of amides is 2. The zero-order valence-electron chi connectivity index (χ0n) is 15.6. The molecule has 0 unspecified atom stereocenters. The lowest BCUT2D eigenvalue weighted by atomic mass is 9.72. The van der Waals surface area contributed by atoms with Crippen molar-refractivity contribution in [3.63, 3.8) is 0 Å². The summed E-state index contributed by atoms with van der Waals surface area (Å²) in [5.74, 6) is 1.88. The highest BCUT2D eigenvalue weighted by atomic mass is 16.5. The summed E-state index contributed by atoms with van der Waals surface area (Å²) in [6.07, 6.45) is 1.75. The van der Waals surface area contributed by atoms with Gasteiger partial charge in [0.2, 0.25) is 5.89 Å². The van der Waals surface area contributed by atoms with Crippen molar-refractivity contribution in [1.29, 1.82) is 0 Å². The van der Waals surface area contributed by atoms with Crippen LogP contribution in [0.25, 0.3) is 0 Å². The van der Waals surface area contributed by atoms with Crippen LogP contribution in [0.1, 0.15) is 30.5 Å². The van der Waals surface area contributed by atoms with Crippen molar-refractivity contribution >= 4 is 11.7 Å². The molecule has 1 N–H and O–H groups in total. The minimum Gasteiger partial charge on any atom is -0.495 e. The summed E-state index contributed by atoms with van der Waals surface area (Å²) >= 11 is 0. The first-order chi connectivity index (χ1) is 13.1. The van der Waals surface area contributed by atoms with Gasteiger partial charge in [-0.25, -0.2) is 4.79 Å². The molecule has 0 saturated carbocycles. The fourth-order valence-electron chi connectivity index (χ4n) is 4.14. The maximum absolute atomic E-state index is 13.0. The van der Waals surface area contributed by atoms with Gasteiger partial charge in [-0.2, -0.15) is 4.98 Å². The van der Waals surface area contributed by atoms with E-state index in [1.54, 1.807) is 7.11 Å². The first-order valence-corrected chi connectivity index (χ1v) is 9.18. The number of urea groups is 1. The van der Waals surface area contributed by atoms with Crippen molar-refractivity contribution in [3.05, 3.63) is 36.0 Å². The predicted octanol–water partition coefficient (Wildman–Crippen LogP) is 2.81. The van der Waals surface area contributed by atoms with Crippen LogP contribution < -0.4 is 10.1 Å². The fraction of sp³-hybridized carbons (Fsp3) is 0.526. The second-order valence-corrected chi connectivity index (χ2v) is 7.22. The molecule has 144 valence electrons. The van der Waals surface area contributed by atoms with E-state index in [4.69, 9.17) is 14.0 Å². The van der Waals surface area contributed by atoms with E-state index >= 15 is 0 Å². The van der Waals surface area contributed by atoms with Crippen LogP contribution in [0.4, 0.5) is 10.5 Å². The third-order valence-electron chi connectivity index (χ3n) is 5.61. The quantitative estimate of drug-likeness (QED) is 0.891. The summed E-state index contributed by atoms with van der Waals surface area (Å²) in [5, 5.41) is 6.91. The van der Waals surface area contributed by atoms with Crippen molar-refractivity contribution in [2.45, 2.75) is 25.7 Å². The summed E-state index contributed by atoms with van der Waals surface area (Å²) in [4.78, 5) is 19.2. The van der Waals surface area contributed by atoms with E-state index in [0.29, 0.717) is 49.5 Å². The van der Waals surface area contributed by atoms with Gasteiger partial charge in [-0.15, -0.1) is 0 Å². The van der Waals surface area contributed by atoms with Crippen molar-refractivity contribution in [2.24, 2.45) is 5.41 Å². The van der Waals surface area contributed by atoms with Gasteiger partial charge in [0.05, 0.1) is 18.7 Å². The molecule has 2 aromatic rings. The number of likely N-dealkylation sites (tertiary alicyclic amines) is 1. The number of benzene rings is 1. The number of methoxy groups -OCH3 is 1. The number of anilines is 1. The number of hydrogen-bond donors (Lipinski definition) is 1. The van der Waals surface area contributed by atoms with Crippen LogP contribution in [-0.2, 0) is 4.74 Å². The molecule has 2 aliphatic heterocycles.